The predicted molar refractivity (Wildman–Crippen MR) is 77.7 cm³/mol. The molecular formula is C16H13NO2S. The van der Waals surface area contributed by atoms with Gasteiger partial charge in [0.05, 0.1) is 11.8 Å². The maximum Gasteiger partial charge on any atom is 0.162 e. The first-order valence-corrected chi connectivity index (χ1v) is 8.13. The van der Waals surface area contributed by atoms with Gasteiger partial charge >= 0.3 is 0 Å². The van der Waals surface area contributed by atoms with Crippen molar-refractivity contribution in [3.8, 4) is 17.2 Å². The number of nitrogens with zero attached hydrogens (tertiary/aromatic N) is 1. The van der Waals surface area contributed by atoms with Crippen LogP contribution in [0.3, 0.4) is 0 Å². The summed E-state index contributed by atoms with van der Waals surface area (Å²) in [7, 11) is -3.37. The standard InChI is InChI=1S/C16H13NO2S/c17-10-5-11-20(18,19)16-14-8-3-1-6-12(14)13-7-2-4-9-15(13)16/h1-4,6-9,16H,5,11H2. The van der Waals surface area contributed by atoms with E-state index in [4.69, 9.17) is 5.26 Å². The van der Waals surface area contributed by atoms with Crippen LogP contribution in [-0.4, -0.2) is 14.2 Å². The van der Waals surface area contributed by atoms with E-state index in [9.17, 15) is 8.42 Å². The summed E-state index contributed by atoms with van der Waals surface area (Å²) >= 11 is 0. The van der Waals surface area contributed by atoms with Crippen molar-refractivity contribution in [3.05, 3.63) is 59.7 Å². The summed E-state index contributed by atoms with van der Waals surface area (Å²) < 4.78 is 25.1. The van der Waals surface area contributed by atoms with Crippen LogP contribution < -0.4 is 0 Å². The van der Waals surface area contributed by atoms with Crippen LogP contribution in [0.4, 0.5) is 0 Å². The van der Waals surface area contributed by atoms with Gasteiger partial charge in [-0.25, -0.2) is 8.42 Å². The first-order chi connectivity index (χ1) is 9.65. The highest BCUT2D eigenvalue weighted by molar-refractivity contribution is 7.91. The molecule has 1 aliphatic carbocycles. The molecule has 0 saturated heterocycles. The molecule has 0 heterocycles. The monoisotopic (exact) mass is 283 g/mol. The Morgan fingerprint density at radius 1 is 0.950 bits per heavy atom. The van der Waals surface area contributed by atoms with Gasteiger partial charge in [-0.15, -0.1) is 0 Å². The molecule has 2 aromatic rings. The minimum absolute atomic E-state index is 0.0309. The van der Waals surface area contributed by atoms with Crippen LogP contribution in [0.1, 0.15) is 22.8 Å². The molecule has 0 fully saturated rings. The molecule has 0 radical (unpaired) electrons. The van der Waals surface area contributed by atoms with Crippen LogP contribution >= 0.6 is 0 Å². The second kappa shape index (κ2) is 4.77. The second-order valence-electron chi connectivity index (χ2n) is 4.83. The summed E-state index contributed by atoms with van der Waals surface area (Å²) in [5, 5.41) is 8.01. The molecule has 0 aromatic heterocycles. The van der Waals surface area contributed by atoms with Gasteiger partial charge in [-0.3, -0.25) is 0 Å². The maximum atomic E-state index is 12.6. The molecule has 2 aromatic carbocycles. The van der Waals surface area contributed by atoms with E-state index in [0.29, 0.717) is 0 Å². The molecule has 0 atom stereocenters. The lowest BCUT2D eigenvalue weighted by molar-refractivity contribution is 0.589. The van der Waals surface area contributed by atoms with Gasteiger partial charge in [0.25, 0.3) is 0 Å². The quantitative estimate of drug-likeness (QED) is 0.869. The van der Waals surface area contributed by atoms with Crippen LogP contribution in [0.25, 0.3) is 11.1 Å². The van der Waals surface area contributed by atoms with Crippen molar-refractivity contribution >= 4 is 9.84 Å². The predicted octanol–water partition coefficient (Wildman–Crippen LogP) is 3.08. The second-order valence-corrected chi connectivity index (χ2v) is 7.04. The Morgan fingerprint density at radius 2 is 1.45 bits per heavy atom. The van der Waals surface area contributed by atoms with Crippen molar-refractivity contribution in [1.29, 1.82) is 5.26 Å². The fourth-order valence-electron chi connectivity index (χ4n) is 2.80. The van der Waals surface area contributed by atoms with E-state index in [1.54, 1.807) is 0 Å². The molecule has 100 valence electrons. The minimum atomic E-state index is -3.37. The van der Waals surface area contributed by atoms with Crippen molar-refractivity contribution in [3.63, 3.8) is 0 Å². The Labute approximate surface area is 118 Å². The highest BCUT2D eigenvalue weighted by atomic mass is 32.2. The summed E-state index contributed by atoms with van der Waals surface area (Å²) in [6.45, 7) is 0. The van der Waals surface area contributed by atoms with Crippen molar-refractivity contribution in [2.24, 2.45) is 0 Å². The molecule has 0 aliphatic heterocycles. The molecule has 1 aliphatic rings. The number of hydrogen-bond acceptors (Lipinski definition) is 3. The Hall–Kier alpha value is -2.12. The summed E-state index contributed by atoms with van der Waals surface area (Å²) in [4.78, 5) is 0. The number of nitriles is 1. The maximum absolute atomic E-state index is 12.6. The lowest BCUT2D eigenvalue weighted by Gasteiger charge is -2.13. The molecule has 3 nitrogen and oxygen atoms in total. The molecule has 4 heteroatoms. The fraction of sp³-hybridized carbons (Fsp3) is 0.188. The van der Waals surface area contributed by atoms with Crippen LogP contribution in [0.15, 0.2) is 48.5 Å². The van der Waals surface area contributed by atoms with E-state index in [-0.39, 0.29) is 12.2 Å². The number of sulfone groups is 1. The summed E-state index contributed by atoms with van der Waals surface area (Å²) in [5.74, 6) is -0.100. The molecular weight excluding hydrogens is 270 g/mol. The van der Waals surface area contributed by atoms with Gasteiger partial charge in [-0.1, -0.05) is 48.5 Å². The molecule has 0 bridgehead atoms. The van der Waals surface area contributed by atoms with Gasteiger partial charge in [0.15, 0.2) is 9.84 Å². The van der Waals surface area contributed by atoms with Crippen LogP contribution in [0.5, 0.6) is 0 Å². The van der Waals surface area contributed by atoms with Gasteiger partial charge in [0, 0.05) is 6.42 Å². The molecule has 3 rings (SSSR count). The third-order valence-electron chi connectivity index (χ3n) is 3.63. The van der Waals surface area contributed by atoms with E-state index in [2.05, 4.69) is 0 Å². The summed E-state index contributed by atoms with van der Waals surface area (Å²) in [6.07, 6.45) is 0.0309. The van der Waals surface area contributed by atoms with Gasteiger partial charge in [0.2, 0.25) is 0 Å². The first kappa shape index (κ1) is 12.9. The molecule has 0 unspecified atom stereocenters. The third-order valence-corrected chi connectivity index (χ3v) is 5.63. The molecule has 0 N–H and O–H groups in total. The van der Waals surface area contributed by atoms with Gasteiger partial charge < -0.3 is 0 Å². The van der Waals surface area contributed by atoms with E-state index >= 15 is 0 Å². The zero-order valence-corrected chi connectivity index (χ0v) is 11.6. The average Bonchev–Trinajstić information content (AvgIpc) is 2.80. The number of hydrogen-bond donors (Lipinski definition) is 0. The topological polar surface area (TPSA) is 57.9 Å². The highest BCUT2D eigenvalue weighted by Crippen LogP contribution is 2.47. The van der Waals surface area contributed by atoms with E-state index in [0.717, 1.165) is 22.3 Å². The molecule has 0 amide bonds. The lowest BCUT2D eigenvalue weighted by Crippen LogP contribution is -2.16. The van der Waals surface area contributed by atoms with E-state index in [1.807, 2.05) is 54.6 Å². The molecule has 0 saturated carbocycles. The summed E-state index contributed by atoms with van der Waals surface area (Å²) in [6, 6.07) is 17.1. The van der Waals surface area contributed by atoms with Gasteiger partial charge in [0.1, 0.15) is 5.25 Å². The van der Waals surface area contributed by atoms with E-state index in [1.165, 1.54) is 0 Å². The van der Waals surface area contributed by atoms with Crippen molar-refractivity contribution in [1.82, 2.24) is 0 Å². The zero-order chi connectivity index (χ0) is 14.2. The Morgan fingerprint density at radius 3 is 1.95 bits per heavy atom. The highest BCUT2D eigenvalue weighted by Gasteiger charge is 2.37. The van der Waals surface area contributed by atoms with Gasteiger partial charge in [-0.2, -0.15) is 5.26 Å². The van der Waals surface area contributed by atoms with Crippen LogP contribution in [0, 0.1) is 11.3 Å². The van der Waals surface area contributed by atoms with Crippen molar-refractivity contribution in [2.75, 3.05) is 5.75 Å². The average molecular weight is 283 g/mol. The van der Waals surface area contributed by atoms with Crippen LogP contribution in [0.2, 0.25) is 0 Å². The van der Waals surface area contributed by atoms with Gasteiger partial charge in [-0.05, 0) is 22.3 Å². The Balaban J connectivity index is 2.20. The minimum Gasteiger partial charge on any atom is -0.228 e. The molecule has 20 heavy (non-hydrogen) atoms. The Kier molecular flexibility index (Phi) is 3.07. The van der Waals surface area contributed by atoms with E-state index < -0.39 is 15.1 Å². The SMILES string of the molecule is N#CCCS(=O)(=O)C1c2ccccc2-c2ccccc21. The number of fused-ring (bicyclic) bond motifs is 3. The fourth-order valence-corrected chi connectivity index (χ4v) is 4.60. The largest absolute Gasteiger partial charge is 0.228 e. The number of benzene rings is 2. The first-order valence-electron chi connectivity index (χ1n) is 6.42. The van der Waals surface area contributed by atoms with Crippen molar-refractivity contribution in [2.45, 2.75) is 11.7 Å². The molecule has 0 spiro atoms. The van der Waals surface area contributed by atoms with Crippen LogP contribution in [-0.2, 0) is 9.84 Å². The zero-order valence-electron chi connectivity index (χ0n) is 10.8. The lowest BCUT2D eigenvalue weighted by atomic mass is 10.1. The van der Waals surface area contributed by atoms with Crippen molar-refractivity contribution < 1.29 is 8.42 Å². The normalized spacial score (nSPS) is 13.6. The summed E-state index contributed by atoms with van der Waals surface area (Å²) in [5.41, 5.74) is 3.61. The number of rotatable bonds is 3. The Bertz CT molecular complexity index is 758. The third kappa shape index (κ3) is 1.91. The smallest absolute Gasteiger partial charge is 0.162 e.